The molecule has 1 rings (SSSR count). The number of ketones is 1. The van der Waals surface area contributed by atoms with E-state index in [1.54, 1.807) is 19.0 Å². The van der Waals surface area contributed by atoms with Crippen LogP contribution in [0.5, 0.6) is 0 Å². The van der Waals surface area contributed by atoms with Crippen LogP contribution in [0.2, 0.25) is 0 Å². The summed E-state index contributed by atoms with van der Waals surface area (Å²) in [7, 11) is 3.54. The number of hydrogen-bond acceptors (Lipinski definition) is 3. The van der Waals surface area contributed by atoms with Crippen LogP contribution in [-0.2, 0) is 9.59 Å². The number of hydrogen-bond donors (Lipinski definition) is 0. The maximum atomic E-state index is 11.4. The number of likely N-dealkylation sites (tertiary alicyclic amines) is 1. The van der Waals surface area contributed by atoms with Gasteiger partial charge in [-0.05, 0) is 0 Å². The molecule has 0 saturated carbocycles. The number of Topliss-reactive ketones (excluding diaryl/α,β-unsaturated/α-hetero) is 1. The zero-order valence-corrected chi connectivity index (χ0v) is 9.82. The van der Waals surface area contributed by atoms with Gasteiger partial charge in [0.2, 0.25) is 5.91 Å². The molecule has 0 bridgehead atoms. The Bertz CT molecular complexity index is 251. The zero-order chi connectivity index (χ0) is 11.4. The van der Waals surface area contributed by atoms with Crippen molar-refractivity contribution in [2.75, 3.05) is 33.7 Å². The second-order valence-electron chi connectivity index (χ2n) is 4.46. The molecule has 0 aromatic heterocycles. The summed E-state index contributed by atoms with van der Waals surface area (Å²) in [6.45, 7) is 4.35. The fourth-order valence-corrected chi connectivity index (χ4v) is 1.78. The van der Waals surface area contributed by atoms with Gasteiger partial charge in [0.05, 0.1) is 0 Å². The lowest BCUT2D eigenvalue weighted by molar-refractivity contribution is -0.129. The smallest absolute Gasteiger partial charge is 0.223 e. The fraction of sp³-hybridized carbons (Fsp3) is 0.818. The molecule has 1 aliphatic rings. The van der Waals surface area contributed by atoms with Crippen LogP contribution in [0.1, 0.15) is 19.8 Å². The lowest BCUT2D eigenvalue weighted by Gasteiger charge is -2.29. The van der Waals surface area contributed by atoms with Gasteiger partial charge < -0.3 is 9.80 Å². The summed E-state index contributed by atoms with van der Waals surface area (Å²) in [5.74, 6) is 0.637. The zero-order valence-electron chi connectivity index (χ0n) is 9.82. The Labute approximate surface area is 91.2 Å². The molecule has 1 unspecified atom stereocenters. The average molecular weight is 212 g/mol. The molecule has 0 N–H and O–H groups in total. The third-order valence-corrected chi connectivity index (χ3v) is 2.90. The highest BCUT2D eigenvalue weighted by Crippen LogP contribution is 2.12. The Morgan fingerprint density at radius 2 is 2.20 bits per heavy atom. The SMILES string of the molecule is CC1CN(CCC(=O)N(C)C)CCC1=O. The minimum atomic E-state index is 0.133. The van der Waals surface area contributed by atoms with Gasteiger partial charge in [-0.3, -0.25) is 9.59 Å². The highest BCUT2D eigenvalue weighted by atomic mass is 16.2. The van der Waals surface area contributed by atoms with Gasteiger partial charge in [0.1, 0.15) is 5.78 Å². The molecular weight excluding hydrogens is 192 g/mol. The third kappa shape index (κ3) is 3.63. The highest BCUT2D eigenvalue weighted by Gasteiger charge is 2.23. The summed E-state index contributed by atoms with van der Waals surface area (Å²) in [6, 6.07) is 0. The molecule has 15 heavy (non-hydrogen) atoms. The largest absolute Gasteiger partial charge is 0.349 e. The Hall–Kier alpha value is -0.900. The summed E-state index contributed by atoms with van der Waals surface area (Å²) < 4.78 is 0. The van der Waals surface area contributed by atoms with Crippen LogP contribution in [0.15, 0.2) is 0 Å². The minimum absolute atomic E-state index is 0.133. The van der Waals surface area contributed by atoms with Gasteiger partial charge in [0, 0.05) is 52.5 Å². The standard InChI is InChI=1S/C11H20N2O2/c1-9-8-13(6-4-10(9)14)7-5-11(15)12(2)3/h9H,4-8H2,1-3H3. The quantitative estimate of drug-likeness (QED) is 0.679. The van der Waals surface area contributed by atoms with Gasteiger partial charge in [-0.1, -0.05) is 6.92 Å². The van der Waals surface area contributed by atoms with E-state index >= 15 is 0 Å². The average Bonchev–Trinajstić information content (AvgIpc) is 2.19. The van der Waals surface area contributed by atoms with E-state index < -0.39 is 0 Å². The van der Waals surface area contributed by atoms with Crippen molar-refractivity contribution in [2.24, 2.45) is 5.92 Å². The van der Waals surface area contributed by atoms with E-state index in [4.69, 9.17) is 0 Å². The summed E-state index contributed by atoms with van der Waals surface area (Å²) in [5.41, 5.74) is 0. The summed E-state index contributed by atoms with van der Waals surface area (Å²) in [5, 5.41) is 0. The molecule has 1 saturated heterocycles. The van der Waals surface area contributed by atoms with Crippen LogP contribution in [0.3, 0.4) is 0 Å². The predicted molar refractivity (Wildman–Crippen MR) is 58.5 cm³/mol. The second kappa shape index (κ2) is 5.26. The molecule has 0 aromatic carbocycles. The monoisotopic (exact) mass is 212 g/mol. The normalized spacial score (nSPS) is 22.9. The molecule has 1 aliphatic heterocycles. The second-order valence-corrected chi connectivity index (χ2v) is 4.46. The summed E-state index contributed by atoms with van der Waals surface area (Å²) in [4.78, 5) is 26.5. The van der Waals surface area contributed by atoms with Crippen molar-refractivity contribution in [3.05, 3.63) is 0 Å². The van der Waals surface area contributed by atoms with Crippen LogP contribution in [0.4, 0.5) is 0 Å². The number of carbonyl (C=O) groups is 2. The molecular formula is C11H20N2O2. The Morgan fingerprint density at radius 1 is 1.53 bits per heavy atom. The van der Waals surface area contributed by atoms with E-state index in [-0.39, 0.29) is 11.8 Å². The van der Waals surface area contributed by atoms with Crippen LogP contribution in [0.25, 0.3) is 0 Å². The molecule has 0 radical (unpaired) electrons. The van der Waals surface area contributed by atoms with Crippen LogP contribution < -0.4 is 0 Å². The molecule has 4 heteroatoms. The van der Waals surface area contributed by atoms with Gasteiger partial charge in [-0.2, -0.15) is 0 Å². The van der Waals surface area contributed by atoms with Crippen molar-refractivity contribution in [1.29, 1.82) is 0 Å². The first-order valence-corrected chi connectivity index (χ1v) is 5.46. The van der Waals surface area contributed by atoms with Gasteiger partial charge in [-0.25, -0.2) is 0 Å². The number of carbonyl (C=O) groups excluding carboxylic acids is 2. The molecule has 0 aliphatic carbocycles. The Morgan fingerprint density at radius 3 is 2.73 bits per heavy atom. The topological polar surface area (TPSA) is 40.6 Å². The van der Waals surface area contributed by atoms with E-state index in [2.05, 4.69) is 4.90 Å². The van der Waals surface area contributed by atoms with E-state index in [0.29, 0.717) is 18.6 Å². The van der Waals surface area contributed by atoms with Gasteiger partial charge in [-0.15, -0.1) is 0 Å². The first kappa shape index (κ1) is 12.2. The van der Waals surface area contributed by atoms with Crippen LogP contribution >= 0.6 is 0 Å². The molecule has 4 nitrogen and oxygen atoms in total. The first-order chi connectivity index (χ1) is 7.00. The minimum Gasteiger partial charge on any atom is -0.349 e. The van der Waals surface area contributed by atoms with E-state index in [9.17, 15) is 9.59 Å². The van der Waals surface area contributed by atoms with Crippen LogP contribution in [-0.4, -0.2) is 55.2 Å². The molecule has 1 heterocycles. The molecule has 1 amide bonds. The van der Waals surface area contributed by atoms with Crippen molar-refractivity contribution < 1.29 is 9.59 Å². The number of piperidine rings is 1. The van der Waals surface area contributed by atoms with Crippen LogP contribution in [0, 0.1) is 5.92 Å². The maximum Gasteiger partial charge on any atom is 0.223 e. The van der Waals surface area contributed by atoms with Crippen molar-refractivity contribution >= 4 is 11.7 Å². The number of rotatable bonds is 3. The lowest BCUT2D eigenvalue weighted by Crippen LogP contribution is -2.41. The number of nitrogens with zero attached hydrogens (tertiary/aromatic N) is 2. The molecule has 0 spiro atoms. The van der Waals surface area contributed by atoms with Gasteiger partial charge in [0.25, 0.3) is 0 Å². The Balaban J connectivity index is 2.28. The molecule has 1 atom stereocenters. The maximum absolute atomic E-state index is 11.4. The van der Waals surface area contributed by atoms with E-state index in [0.717, 1.165) is 19.6 Å². The number of amides is 1. The third-order valence-electron chi connectivity index (χ3n) is 2.90. The van der Waals surface area contributed by atoms with Gasteiger partial charge in [0.15, 0.2) is 0 Å². The van der Waals surface area contributed by atoms with Crippen molar-refractivity contribution in [1.82, 2.24) is 9.80 Å². The van der Waals surface area contributed by atoms with Gasteiger partial charge >= 0.3 is 0 Å². The predicted octanol–water partition coefficient (Wildman–Crippen LogP) is 0.376. The summed E-state index contributed by atoms with van der Waals surface area (Å²) in [6.07, 6.45) is 1.19. The first-order valence-electron chi connectivity index (χ1n) is 5.46. The lowest BCUT2D eigenvalue weighted by atomic mass is 9.98. The van der Waals surface area contributed by atoms with Crippen molar-refractivity contribution in [3.63, 3.8) is 0 Å². The summed E-state index contributed by atoms with van der Waals surface area (Å²) >= 11 is 0. The fourth-order valence-electron chi connectivity index (χ4n) is 1.78. The molecule has 1 fully saturated rings. The van der Waals surface area contributed by atoms with Crippen molar-refractivity contribution in [2.45, 2.75) is 19.8 Å². The van der Waals surface area contributed by atoms with E-state index in [1.807, 2.05) is 6.92 Å². The Kier molecular flexibility index (Phi) is 4.27. The highest BCUT2D eigenvalue weighted by molar-refractivity contribution is 5.81. The molecule has 86 valence electrons. The van der Waals surface area contributed by atoms with Crippen molar-refractivity contribution in [3.8, 4) is 0 Å². The van der Waals surface area contributed by atoms with E-state index in [1.165, 1.54) is 0 Å². The molecule has 0 aromatic rings.